The van der Waals surface area contributed by atoms with Crippen molar-refractivity contribution in [1.82, 2.24) is 0 Å². The highest BCUT2D eigenvalue weighted by Gasteiger charge is 2.50. The zero-order valence-electron chi connectivity index (χ0n) is 16.9. The van der Waals surface area contributed by atoms with E-state index in [9.17, 15) is 22.8 Å². The minimum Gasteiger partial charge on any atom is -0.357 e. The fourth-order valence-electron chi connectivity index (χ4n) is 4.31. The van der Waals surface area contributed by atoms with Crippen LogP contribution >= 0.6 is 15.9 Å². The van der Waals surface area contributed by atoms with E-state index in [1.165, 1.54) is 6.07 Å². The van der Waals surface area contributed by atoms with Gasteiger partial charge in [-0.15, -0.1) is 0 Å². The molecule has 0 saturated heterocycles. The number of rotatable bonds is 1. The van der Waals surface area contributed by atoms with Gasteiger partial charge in [0.2, 0.25) is 0 Å². The van der Waals surface area contributed by atoms with Gasteiger partial charge in [-0.1, -0.05) is 54.0 Å². The van der Waals surface area contributed by atoms with Gasteiger partial charge >= 0.3 is 12.1 Å². The Morgan fingerprint density at radius 1 is 1.10 bits per heavy atom. The summed E-state index contributed by atoms with van der Waals surface area (Å²) in [5.41, 5.74) is 1.27. The van der Waals surface area contributed by atoms with Gasteiger partial charge < -0.3 is 5.32 Å². The number of hydrogen-bond donors (Lipinski definition) is 1. The Kier molecular flexibility index (Phi) is 5.24. The number of allylic oxidation sites excluding steroid dienone is 1. The Morgan fingerprint density at radius 3 is 2.39 bits per heavy atom. The lowest BCUT2D eigenvalue weighted by molar-refractivity contribution is -0.170. The molecule has 1 N–H and O–H groups in total. The fraction of sp³-hybridized carbons (Fsp3) is 0.304. The second-order valence-electron chi connectivity index (χ2n) is 8.60. The third-order valence-corrected chi connectivity index (χ3v) is 6.08. The standard InChI is InChI=1S/C23H20BrF3N2O2/c1-22(2)11-16-19(18(30)12-22)20(13-7-9-14(24)10-8-13)29(21(31)23(25,26)27)17-6-4-3-5-15(17)28-16/h3-10,20,28H,11-12H2,1-2H3/t20-/m1/s1. The number of alkyl halides is 3. The number of carbonyl (C=O) groups is 2. The molecule has 1 atom stereocenters. The molecule has 1 aliphatic heterocycles. The summed E-state index contributed by atoms with van der Waals surface area (Å²) < 4.78 is 42.0. The van der Waals surface area contributed by atoms with Crippen molar-refractivity contribution in [3.05, 3.63) is 69.8 Å². The van der Waals surface area contributed by atoms with Gasteiger partial charge in [-0.25, -0.2) is 0 Å². The number of Topliss-reactive ketones (excluding diaryl/α,β-unsaturated/α-hetero) is 1. The fourth-order valence-corrected chi connectivity index (χ4v) is 4.57. The van der Waals surface area contributed by atoms with Crippen molar-refractivity contribution < 1.29 is 22.8 Å². The van der Waals surface area contributed by atoms with E-state index in [2.05, 4.69) is 21.2 Å². The lowest BCUT2D eigenvalue weighted by Gasteiger charge is -2.37. The van der Waals surface area contributed by atoms with Crippen molar-refractivity contribution in [3.63, 3.8) is 0 Å². The van der Waals surface area contributed by atoms with Crippen LogP contribution in [0, 0.1) is 5.41 Å². The van der Waals surface area contributed by atoms with Gasteiger partial charge in [-0.05, 0) is 41.7 Å². The van der Waals surface area contributed by atoms with Gasteiger partial charge in [0.15, 0.2) is 5.78 Å². The summed E-state index contributed by atoms with van der Waals surface area (Å²) in [6.45, 7) is 3.89. The van der Waals surface area contributed by atoms with Gasteiger partial charge in [-0.3, -0.25) is 14.5 Å². The van der Waals surface area contributed by atoms with E-state index in [0.717, 1.165) is 4.47 Å². The van der Waals surface area contributed by atoms with E-state index in [4.69, 9.17) is 0 Å². The molecule has 1 amide bonds. The van der Waals surface area contributed by atoms with Crippen molar-refractivity contribution in [2.45, 2.75) is 38.9 Å². The Labute approximate surface area is 186 Å². The molecule has 1 heterocycles. The molecule has 4 rings (SSSR count). The van der Waals surface area contributed by atoms with E-state index in [-0.39, 0.29) is 28.9 Å². The maximum atomic E-state index is 13.7. The number of ketones is 1. The minimum atomic E-state index is -5.11. The third kappa shape index (κ3) is 4.01. The van der Waals surface area contributed by atoms with E-state index in [1.54, 1.807) is 42.5 Å². The molecule has 0 bridgehead atoms. The molecule has 0 fully saturated rings. The number of amides is 1. The molecule has 0 spiro atoms. The van der Waals surface area contributed by atoms with Crippen LogP contribution in [-0.4, -0.2) is 17.9 Å². The highest BCUT2D eigenvalue weighted by atomic mass is 79.9. The summed E-state index contributed by atoms with van der Waals surface area (Å²) in [5, 5.41) is 3.18. The first-order chi connectivity index (χ1) is 14.5. The van der Waals surface area contributed by atoms with Crippen molar-refractivity contribution in [1.29, 1.82) is 0 Å². The second kappa shape index (κ2) is 7.51. The number of halogens is 4. The van der Waals surface area contributed by atoms with Crippen LogP contribution in [0.4, 0.5) is 24.5 Å². The minimum absolute atomic E-state index is 0.0812. The Bertz CT molecular complexity index is 1090. The summed E-state index contributed by atoms with van der Waals surface area (Å²) in [5.74, 6) is -2.28. The molecule has 31 heavy (non-hydrogen) atoms. The zero-order chi connectivity index (χ0) is 22.6. The van der Waals surface area contributed by atoms with E-state index >= 15 is 0 Å². The van der Waals surface area contributed by atoms with Crippen LogP contribution in [0.25, 0.3) is 0 Å². The molecule has 4 nitrogen and oxygen atoms in total. The molecule has 0 unspecified atom stereocenters. The lowest BCUT2D eigenvalue weighted by Crippen LogP contribution is -2.45. The van der Waals surface area contributed by atoms with E-state index in [0.29, 0.717) is 28.3 Å². The average molecular weight is 493 g/mol. The first kappa shape index (κ1) is 21.6. The number of carbonyl (C=O) groups excluding carboxylic acids is 2. The predicted molar refractivity (Wildman–Crippen MR) is 116 cm³/mol. The SMILES string of the molecule is CC1(C)CC(=O)C2=C(C1)Nc1ccccc1N(C(=O)C(F)(F)F)[C@@H]2c1ccc(Br)cc1. The summed E-state index contributed by atoms with van der Waals surface area (Å²) in [7, 11) is 0. The maximum absolute atomic E-state index is 13.7. The molecule has 162 valence electrons. The number of hydrogen-bond acceptors (Lipinski definition) is 3. The van der Waals surface area contributed by atoms with Crippen LogP contribution in [0.5, 0.6) is 0 Å². The number of nitrogens with one attached hydrogen (secondary N) is 1. The first-order valence-corrected chi connectivity index (χ1v) is 10.6. The van der Waals surface area contributed by atoms with Crippen molar-refractivity contribution in [3.8, 4) is 0 Å². The summed E-state index contributed by atoms with van der Waals surface area (Å²) in [6.07, 6.45) is -4.45. The zero-order valence-corrected chi connectivity index (χ0v) is 18.5. The molecule has 8 heteroatoms. The molecule has 2 aliphatic rings. The van der Waals surface area contributed by atoms with Gasteiger partial charge in [0.25, 0.3) is 0 Å². The summed E-state index contributed by atoms with van der Waals surface area (Å²) in [4.78, 5) is 26.7. The second-order valence-corrected chi connectivity index (χ2v) is 9.52. The van der Waals surface area contributed by atoms with Crippen LogP contribution in [0.1, 0.15) is 38.3 Å². The van der Waals surface area contributed by atoms with E-state index in [1.807, 2.05) is 13.8 Å². The molecule has 1 aliphatic carbocycles. The molecule has 2 aromatic carbocycles. The normalized spacial score (nSPS) is 20.5. The van der Waals surface area contributed by atoms with Gasteiger partial charge in [-0.2, -0.15) is 13.2 Å². The summed E-state index contributed by atoms with van der Waals surface area (Å²) in [6, 6.07) is 11.8. The quantitative estimate of drug-likeness (QED) is 0.518. The number of anilines is 2. The van der Waals surface area contributed by atoms with Crippen molar-refractivity contribution >= 4 is 39.0 Å². The lowest BCUT2D eigenvalue weighted by atomic mass is 9.73. The Hall–Kier alpha value is -2.61. The number of nitrogens with zero attached hydrogens (tertiary/aromatic N) is 1. The molecular weight excluding hydrogens is 473 g/mol. The topological polar surface area (TPSA) is 49.4 Å². The molecule has 0 radical (unpaired) electrons. The molecule has 2 aromatic rings. The highest BCUT2D eigenvalue weighted by Crippen LogP contribution is 2.49. The monoisotopic (exact) mass is 492 g/mol. The average Bonchev–Trinajstić information content (AvgIpc) is 2.80. The van der Waals surface area contributed by atoms with Crippen molar-refractivity contribution in [2.75, 3.05) is 10.2 Å². The van der Waals surface area contributed by atoms with Crippen molar-refractivity contribution in [2.24, 2.45) is 5.41 Å². The number of fused-ring (bicyclic) bond motifs is 1. The maximum Gasteiger partial charge on any atom is 0.471 e. The molecule has 0 saturated carbocycles. The van der Waals surface area contributed by atoms with Crippen LogP contribution < -0.4 is 10.2 Å². The summed E-state index contributed by atoms with van der Waals surface area (Å²) >= 11 is 3.33. The van der Waals surface area contributed by atoms with Gasteiger partial charge in [0.05, 0.1) is 17.4 Å². The van der Waals surface area contributed by atoms with Gasteiger partial charge in [0, 0.05) is 22.2 Å². The molecule has 0 aromatic heterocycles. The Balaban J connectivity index is 2.03. The highest BCUT2D eigenvalue weighted by molar-refractivity contribution is 9.10. The molecular formula is C23H20BrF3N2O2. The van der Waals surface area contributed by atoms with Gasteiger partial charge in [0.1, 0.15) is 0 Å². The van der Waals surface area contributed by atoms with Crippen LogP contribution in [0.15, 0.2) is 64.3 Å². The van der Waals surface area contributed by atoms with E-state index < -0.39 is 18.1 Å². The van der Waals surface area contributed by atoms with Crippen LogP contribution in [0.2, 0.25) is 0 Å². The van der Waals surface area contributed by atoms with Crippen LogP contribution in [0.3, 0.4) is 0 Å². The predicted octanol–water partition coefficient (Wildman–Crippen LogP) is 6.15. The largest absolute Gasteiger partial charge is 0.471 e. The Morgan fingerprint density at radius 2 is 1.74 bits per heavy atom. The number of para-hydroxylation sites is 2. The number of benzene rings is 2. The third-order valence-electron chi connectivity index (χ3n) is 5.55. The first-order valence-electron chi connectivity index (χ1n) is 9.76. The smallest absolute Gasteiger partial charge is 0.357 e. The van der Waals surface area contributed by atoms with Crippen LogP contribution in [-0.2, 0) is 9.59 Å².